The van der Waals surface area contributed by atoms with Crippen LogP contribution in [0.3, 0.4) is 0 Å². The van der Waals surface area contributed by atoms with Gasteiger partial charge in [-0.1, -0.05) is 0 Å². The molecule has 3 saturated heterocycles. The molecule has 4 aliphatic rings. The molecular formula is C44H46FN9O4S. The minimum Gasteiger partial charge on any atom is -0.381 e. The zero-order valence-electron chi connectivity index (χ0n) is 33.1. The average Bonchev–Trinajstić information content (AvgIpc) is 3.69. The van der Waals surface area contributed by atoms with Crippen LogP contribution in [0, 0.1) is 11.7 Å². The number of carbonyl (C=O) groups excluding carboxylic acids is 3. The quantitative estimate of drug-likeness (QED) is 0.187. The summed E-state index contributed by atoms with van der Waals surface area (Å²) in [6.07, 6.45) is 2.61. The van der Waals surface area contributed by atoms with Gasteiger partial charge in [-0.3, -0.25) is 33.7 Å². The lowest BCUT2D eigenvalue weighted by atomic mass is 9.95. The number of carbonyl (C=O) groups is 3. The maximum absolute atomic E-state index is 15.8. The number of nitrogens with zero attached hydrogens (tertiary/aromatic N) is 6. The zero-order chi connectivity index (χ0) is 40.5. The number of hydrogen-bond donors (Lipinski definition) is 3. The number of thiophene rings is 1. The summed E-state index contributed by atoms with van der Waals surface area (Å²) in [4.78, 5) is 63.2. The van der Waals surface area contributed by atoms with Crippen molar-refractivity contribution >= 4 is 78.1 Å². The van der Waals surface area contributed by atoms with E-state index in [-0.39, 0.29) is 35.8 Å². The van der Waals surface area contributed by atoms with E-state index in [0.717, 1.165) is 102 Å². The number of anilines is 3. The van der Waals surface area contributed by atoms with Crippen LogP contribution in [-0.2, 0) is 16.6 Å². The second-order valence-corrected chi connectivity index (χ2v) is 17.5. The van der Waals surface area contributed by atoms with Crippen molar-refractivity contribution in [2.24, 2.45) is 13.0 Å². The van der Waals surface area contributed by atoms with Gasteiger partial charge in [-0.25, -0.2) is 14.2 Å². The number of rotatable bonds is 6. The van der Waals surface area contributed by atoms with Crippen molar-refractivity contribution in [1.82, 2.24) is 29.7 Å². The SMILES string of the molecule is C[C@@H]1CNc2c(sc3ccc4nc(-c5ccc(N6CCC(CN7CCN(c8ccc9c(c8)n(C)c(=O)n9C8CCC(=O)NC8=O)CC7)CC6)cc5F)ccc4c23)C(=O)N1. The summed E-state index contributed by atoms with van der Waals surface area (Å²) in [7, 11) is 1.73. The number of aryl methyl sites for hydroxylation is 1. The summed E-state index contributed by atoms with van der Waals surface area (Å²) in [5.41, 5.74) is 5.80. The first-order valence-electron chi connectivity index (χ1n) is 20.6. The molecule has 3 amide bonds. The number of fused-ring (bicyclic) bond motifs is 6. The van der Waals surface area contributed by atoms with Crippen molar-refractivity contribution in [2.45, 2.75) is 44.7 Å². The molecular weight excluding hydrogens is 770 g/mol. The normalized spacial score (nSPS) is 20.8. The molecule has 59 heavy (non-hydrogen) atoms. The van der Waals surface area contributed by atoms with Gasteiger partial charge in [0.15, 0.2) is 0 Å². The molecule has 1 unspecified atom stereocenters. The van der Waals surface area contributed by atoms with Crippen molar-refractivity contribution in [3.8, 4) is 11.3 Å². The predicted molar refractivity (Wildman–Crippen MR) is 230 cm³/mol. The Kier molecular flexibility index (Phi) is 9.39. The summed E-state index contributed by atoms with van der Waals surface area (Å²) in [5, 5.41) is 10.8. The molecule has 3 N–H and O–H groups in total. The van der Waals surface area contributed by atoms with Gasteiger partial charge in [0.2, 0.25) is 11.8 Å². The molecule has 0 spiro atoms. The number of halogens is 1. The first kappa shape index (κ1) is 37.5. The summed E-state index contributed by atoms with van der Waals surface area (Å²) < 4.78 is 20.0. The van der Waals surface area contributed by atoms with Crippen molar-refractivity contribution < 1.29 is 18.8 Å². The molecule has 3 aromatic carbocycles. The molecule has 4 aliphatic heterocycles. The van der Waals surface area contributed by atoms with Crippen LogP contribution in [0.25, 0.3) is 43.3 Å². The highest BCUT2D eigenvalue weighted by Crippen LogP contribution is 2.41. The molecule has 6 aromatic rings. The van der Waals surface area contributed by atoms with E-state index in [0.29, 0.717) is 40.5 Å². The molecule has 3 aromatic heterocycles. The number of pyridine rings is 1. The second-order valence-electron chi connectivity index (χ2n) is 16.5. The fraction of sp³-hybridized carbons (Fsp3) is 0.386. The number of imidazole rings is 1. The molecule has 0 radical (unpaired) electrons. The first-order chi connectivity index (χ1) is 28.6. The molecule has 0 bridgehead atoms. The number of imide groups is 1. The lowest BCUT2D eigenvalue weighted by Gasteiger charge is -2.40. The Hall–Kier alpha value is -5.80. The van der Waals surface area contributed by atoms with Gasteiger partial charge < -0.3 is 20.4 Å². The van der Waals surface area contributed by atoms with Crippen LogP contribution in [-0.4, -0.2) is 95.1 Å². The van der Waals surface area contributed by atoms with Gasteiger partial charge in [0.05, 0.1) is 27.9 Å². The minimum absolute atomic E-state index is 0.0235. The summed E-state index contributed by atoms with van der Waals surface area (Å²) in [6.45, 7) is 9.04. The molecule has 0 aliphatic carbocycles. The number of hydrogen-bond acceptors (Lipinski definition) is 10. The summed E-state index contributed by atoms with van der Waals surface area (Å²) in [6, 6.07) is 18.6. The van der Waals surface area contributed by atoms with E-state index >= 15 is 4.39 Å². The van der Waals surface area contributed by atoms with E-state index < -0.39 is 11.9 Å². The van der Waals surface area contributed by atoms with Crippen LogP contribution in [0.5, 0.6) is 0 Å². The van der Waals surface area contributed by atoms with Crippen LogP contribution < -0.4 is 31.4 Å². The smallest absolute Gasteiger partial charge is 0.329 e. The molecule has 304 valence electrons. The van der Waals surface area contributed by atoms with E-state index in [1.807, 2.05) is 61.5 Å². The monoisotopic (exact) mass is 815 g/mol. The van der Waals surface area contributed by atoms with Gasteiger partial charge in [-0.15, -0.1) is 11.3 Å². The standard InChI is InChI=1S/C44H46FN9O4S/c1-25-23-46-40-39-30-6-7-32(48-33(30)8-11-37(39)59-41(40)43(57)47-25)29-5-3-27(21-31(29)45)52-15-13-26(14-16-52)24-51-17-19-53(20-18-51)28-4-9-34-36(22-28)50(2)44(58)54(34)35-10-12-38(55)49-42(35)56/h3-9,11,21-22,25-26,35,46H,10,12-20,23-24H2,1-2H3,(H,47,57)(H,49,55,56)/t25-,35?/m1/s1. The van der Waals surface area contributed by atoms with Gasteiger partial charge >= 0.3 is 5.69 Å². The highest BCUT2D eigenvalue weighted by molar-refractivity contribution is 7.21. The maximum Gasteiger partial charge on any atom is 0.329 e. The van der Waals surface area contributed by atoms with Crippen molar-refractivity contribution in [2.75, 3.05) is 67.5 Å². The topological polar surface area (TPSA) is 137 Å². The number of amides is 3. The van der Waals surface area contributed by atoms with E-state index in [1.165, 1.54) is 15.9 Å². The number of piperazine rings is 1. The third-order valence-corrected chi connectivity index (χ3v) is 13.9. The Morgan fingerprint density at radius 1 is 0.847 bits per heavy atom. The lowest BCUT2D eigenvalue weighted by Crippen LogP contribution is -2.49. The molecule has 15 heteroatoms. The third-order valence-electron chi connectivity index (χ3n) is 12.7. The number of piperidine rings is 2. The predicted octanol–water partition coefficient (Wildman–Crippen LogP) is 5.47. The van der Waals surface area contributed by atoms with Gasteiger partial charge in [0, 0.05) is 104 Å². The van der Waals surface area contributed by atoms with Crippen molar-refractivity contribution in [3.63, 3.8) is 0 Å². The third kappa shape index (κ3) is 6.69. The van der Waals surface area contributed by atoms with Crippen LogP contribution in [0.4, 0.5) is 21.5 Å². The van der Waals surface area contributed by atoms with Crippen LogP contribution in [0.15, 0.2) is 65.5 Å². The van der Waals surface area contributed by atoms with Gasteiger partial charge in [0.1, 0.15) is 16.7 Å². The van der Waals surface area contributed by atoms with Crippen LogP contribution in [0.2, 0.25) is 0 Å². The zero-order valence-corrected chi connectivity index (χ0v) is 33.9. The van der Waals surface area contributed by atoms with Crippen molar-refractivity contribution in [1.29, 1.82) is 0 Å². The van der Waals surface area contributed by atoms with Crippen LogP contribution in [0.1, 0.15) is 48.3 Å². The number of benzene rings is 3. The summed E-state index contributed by atoms with van der Waals surface area (Å²) in [5.74, 6) is -0.519. The number of nitrogens with one attached hydrogen (secondary N) is 3. The molecule has 10 rings (SSSR count). The highest BCUT2D eigenvalue weighted by Gasteiger charge is 2.32. The van der Waals surface area contributed by atoms with E-state index in [4.69, 9.17) is 4.98 Å². The molecule has 2 atom stereocenters. The molecule has 3 fully saturated rings. The molecule has 13 nitrogen and oxygen atoms in total. The fourth-order valence-electron chi connectivity index (χ4n) is 9.49. The highest BCUT2D eigenvalue weighted by atomic mass is 32.1. The Morgan fingerprint density at radius 2 is 1.61 bits per heavy atom. The molecule has 7 heterocycles. The van der Waals surface area contributed by atoms with Crippen LogP contribution >= 0.6 is 11.3 Å². The Labute approximate surface area is 343 Å². The Morgan fingerprint density at radius 3 is 2.39 bits per heavy atom. The van der Waals surface area contributed by atoms with Gasteiger partial charge in [-0.2, -0.15) is 0 Å². The lowest BCUT2D eigenvalue weighted by molar-refractivity contribution is -0.135. The minimum atomic E-state index is -0.697. The van der Waals surface area contributed by atoms with Gasteiger partial charge in [0.25, 0.3) is 5.91 Å². The van der Waals surface area contributed by atoms with E-state index in [9.17, 15) is 19.2 Å². The van der Waals surface area contributed by atoms with Gasteiger partial charge in [-0.05, 0) is 92.8 Å². The Balaban J connectivity index is 0.755. The van der Waals surface area contributed by atoms with Crippen molar-refractivity contribution in [3.05, 3.63) is 81.8 Å². The van der Waals surface area contributed by atoms with E-state index in [2.05, 4.69) is 30.7 Å². The number of aromatic nitrogens is 3. The fourth-order valence-corrected chi connectivity index (χ4v) is 10.6. The summed E-state index contributed by atoms with van der Waals surface area (Å²) >= 11 is 1.47. The van der Waals surface area contributed by atoms with E-state index in [1.54, 1.807) is 17.7 Å². The average molecular weight is 816 g/mol. The molecule has 0 saturated carbocycles. The second kappa shape index (κ2) is 14.8. The maximum atomic E-state index is 15.8. The first-order valence-corrected chi connectivity index (χ1v) is 21.4. The Bertz CT molecular complexity index is 2740. The largest absolute Gasteiger partial charge is 0.381 e.